The van der Waals surface area contributed by atoms with E-state index in [9.17, 15) is 14.4 Å². The van der Waals surface area contributed by atoms with E-state index in [1.165, 1.54) is 13.8 Å². The number of benzene rings is 2. The van der Waals surface area contributed by atoms with Crippen molar-refractivity contribution >= 4 is 34.8 Å². The summed E-state index contributed by atoms with van der Waals surface area (Å²) < 4.78 is 0. The molecule has 6 nitrogen and oxygen atoms in total. The molecule has 6 heteroatoms. The molecular formula is C19H21N3O3. The molecule has 0 bridgehead atoms. The summed E-state index contributed by atoms with van der Waals surface area (Å²) in [5.74, 6) is -0.449. The molecule has 0 atom stereocenters. The molecule has 0 aliphatic heterocycles. The van der Waals surface area contributed by atoms with E-state index in [0.29, 0.717) is 17.9 Å². The van der Waals surface area contributed by atoms with Crippen molar-refractivity contribution in [3.8, 4) is 0 Å². The van der Waals surface area contributed by atoms with Gasteiger partial charge in [0.25, 0.3) is 0 Å². The van der Waals surface area contributed by atoms with Crippen LogP contribution in [0.25, 0.3) is 0 Å². The van der Waals surface area contributed by atoms with E-state index in [-0.39, 0.29) is 24.1 Å². The van der Waals surface area contributed by atoms with Gasteiger partial charge in [0.1, 0.15) is 0 Å². The average molecular weight is 339 g/mol. The standard InChI is InChI=1S/C19H21N3O3/c1-14(23)20-16-8-10-17(11-9-16)21-19(25)12-13-22(15(2)24)18-6-4-3-5-7-18/h3-11H,12-13H2,1-2H3,(H,20,23)(H,21,25). The van der Waals surface area contributed by atoms with Crippen molar-refractivity contribution in [2.45, 2.75) is 20.3 Å². The first-order valence-corrected chi connectivity index (χ1v) is 7.96. The summed E-state index contributed by atoms with van der Waals surface area (Å²) in [5, 5.41) is 5.44. The fourth-order valence-electron chi connectivity index (χ4n) is 2.35. The van der Waals surface area contributed by atoms with E-state index in [4.69, 9.17) is 0 Å². The smallest absolute Gasteiger partial charge is 0.226 e. The number of carbonyl (C=O) groups is 3. The molecule has 130 valence electrons. The van der Waals surface area contributed by atoms with Gasteiger partial charge >= 0.3 is 0 Å². The summed E-state index contributed by atoms with van der Waals surface area (Å²) in [4.78, 5) is 36.5. The van der Waals surface area contributed by atoms with Gasteiger partial charge < -0.3 is 15.5 Å². The number of rotatable bonds is 6. The fourth-order valence-corrected chi connectivity index (χ4v) is 2.35. The Morgan fingerprint density at radius 1 is 0.840 bits per heavy atom. The number of nitrogens with zero attached hydrogens (tertiary/aromatic N) is 1. The normalized spacial score (nSPS) is 10.0. The monoisotopic (exact) mass is 339 g/mol. The highest BCUT2D eigenvalue weighted by Crippen LogP contribution is 2.16. The Kier molecular flexibility index (Phi) is 6.28. The van der Waals surface area contributed by atoms with E-state index in [1.807, 2.05) is 30.3 Å². The molecule has 0 aliphatic carbocycles. The summed E-state index contributed by atoms with van der Waals surface area (Å²) in [6, 6.07) is 16.1. The minimum Gasteiger partial charge on any atom is -0.326 e. The quantitative estimate of drug-likeness (QED) is 0.849. The first-order chi connectivity index (χ1) is 12.0. The number of amides is 3. The van der Waals surface area contributed by atoms with Crippen molar-refractivity contribution < 1.29 is 14.4 Å². The molecule has 25 heavy (non-hydrogen) atoms. The van der Waals surface area contributed by atoms with Crippen LogP contribution >= 0.6 is 0 Å². The van der Waals surface area contributed by atoms with Crippen LogP contribution < -0.4 is 15.5 Å². The van der Waals surface area contributed by atoms with Crippen molar-refractivity contribution in [2.24, 2.45) is 0 Å². The van der Waals surface area contributed by atoms with Crippen molar-refractivity contribution in [1.82, 2.24) is 0 Å². The first-order valence-electron chi connectivity index (χ1n) is 7.96. The van der Waals surface area contributed by atoms with Gasteiger partial charge in [-0.1, -0.05) is 18.2 Å². The zero-order chi connectivity index (χ0) is 18.2. The number of nitrogens with one attached hydrogen (secondary N) is 2. The third-order valence-electron chi connectivity index (χ3n) is 3.50. The molecule has 0 radical (unpaired) electrons. The van der Waals surface area contributed by atoms with Crippen molar-refractivity contribution in [2.75, 3.05) is 22.1 Å². The number of hydrogen-bond donors (Lipinski definition) is 2. The second kappa shape index (κ2) is 8.63. The van der Waals surface area contributed by atoms with Crippen LogP contribution in [0.2, 0.25) is 0 Å². The molecule has 0 saturated heterocycles. The summed E-state index contributed by atoms with van der Waals surface area (Å²) >= 11 is 0. The number of carbonyl (C=O) groups excluding carboxylic acids is 3. The molecule has 3 amide bonds. The fraction of sp³-hybridized carbons (Fsp3) is 0.211. The average Bonchev–Trinajstić information content (AvgIpc) is 2.57. The van der Waals surface area contributed by atoms with Gasteiger partial charge in [-0.3, -0.25) is 14.4 Å². The minimum atomic E-state index is -0.186. The Morgan fingerprint density at radius 3 is 1.92 bits per heavy atom. The van der Waals surface area contributed by atoms with Gasteiger partial charge in [0.05, 0.1) is 0 Å². The van der Waals surface area contributed by atoms with Crippen molar-refractivity contribution in [3.05, 3.63) is 54.6 Å². The lowest BCUT2D eigenvalue weighted by Gasteiger charge is -2.20. The molecule has 2 N–H and O–H groups in total. The number of anilines is 3. The van der Waals surface area contributed by atoms with E-state index >= 15 is 0 Å². The molecule has 0 unspecified atom stereocenters. The molecular weight excluding hydrogens is 318 g/mol. The zero-order valence-electron chi connectivity index (χ0n) is 14.3. The van der Waals surface area contributed by atoms with Gasteiger partial charge in [-0.25, -0.2) is 0 Å². The maximum Gasteiger partial charge on any atom is 0.226 e. The predicted molar refractivity (Wildman–Crippen MR) is 98.5 cm³/mol. The molecule has 2 rings (SSSR count). The molecule has 2 aromatic rings. The Balaban J connectivity index is 1.91. The maximum absolute atomic E-state index is 12.1. The topological polar surface area (TPSA) is 78.5 Å². The first kappa shape index (κ1) is 18.2. The molecule has 0 saturated carbocycles. The van der Waals surface area contributed by atoms with Gasteiger partial charge in [0.2, 0.25) is 17.7 Å². The highest BCUT2D eigenvalue weighted by molar-refractivity contribution is 5.95. The van der Waals surface area contributed by atoms with E-state index in [0.717, 1.165) is 5.69 Å². The minimum absolute atomic E-state index is 0.112. The van der Waals surface area contributed by atoms with Crippen LogP contribution in [0.15, 0.2) is 54.6 Å². The second-order valence-corrected chi connectivity index (χ2v) is 5.56. The Hall–Kier alpha value is -3.15. The molecule has 0 heterocycles. The second-order valence-electron chi connectivity index (χ2n) is 5.56. The summed E-state index contributed by atoms with van der Waals surface area (Å²) in [7, 11) is 0. The molecule has 0 spiro atoms. The Morgan fingerprint density at radius 2 is 1.40 bits per heavy atom. The van der Waals surface area contributed by atoms with Crippen LogP contribution in [-0.4, -0.2) is 24.3 Å². The summed E-state index contributed by atoms with van der Waals surface area (Å²) in [6.45, 7) is 3.21. The van der Waals surface area contributed by atoms with Crippen LogP contribution in [0.4, 0.5) is 17.1 Å². The van der Waals surface area contributed by atoms with E-state index in [2.05, 4.69) is 10.6 Å². The predicted octanol–water partition coefficient (Wildman–Crippen LogP) is 3.03. The van der Waals surface area contributed by atoms with E-state index < -0.39 is 0 Å². The Bertz CT molecular complexity index is 742. The van der Waals surface area contributed by atoms with Gasteiger partial charge in [0, 0.05) is 43.9 Å². The lowest BCUT2D eigenvalue weighted by molar-refractivity contribution is -0.117. The summed E-state index contributed by atoms with van der Waals surface area (Å²) in [6.07, 6.45) is 0.182. The number of hydrogen-bond acceptors (Lipinski definition) is 3. The van der Waals surface area contributed by atoms with E-state index in [1.54, 1.807) is 29.2 Å². The lowest BCUT2D eigenvalue weighted by atomic mass is 10.2. The van der Waals surface area contributed by atoms with Gasteiger partial charge in [-0.2, -0.15) is 0 Å². The highest BCUT2D eigenvalue weighted by Gasteiger charge is 2.13. The largest absolute Gasteiger partial charge is 0.326 e. The zero-order valence-corrected chi connectivity index (χ0v) is 14.3. The lowest BCUT2D eigenvalue weighted by Crippen LogP contribution is -2.31. The van der Waals surface area contributed by atoms with Gasteiger partial charge in [0.15, 0.2) is 0 Å². The molecule has 2 aromatic carbocycles. The van der Waals surface area contributed by atoms with Crippen molar-refractivity contribution in [1.29, 1.82) is 0 Å². The molecule has 0 aliphatic rings. The van der Waals surface area contributed by atoms with Crippen LogP contribution in [0.5, 0.6) is 0 Å². The Labute approximate surface area is 146 Å². The third-order valence-corrected chi connectivity index (χ3v) is 3.50. The van der Waals surface area contributed by atoms with Gasteiger partial charge in [-0.15, -0.1) is 0 Å². The third kappa shape index (κ3) is 5.76. The number of para-hydroxylation sites is 1. The summed E-state index contributed by atoms with van der Waals surface area (Å²) in [5.41, 5.74) is 2.06. The van der Waals surface area contributed by atoms with Crippen LogP contribution in [0.1, 0.15) is 20.3 Å². The van der Waals surface area contributed by atoms with Crippen molar-refractivity contribution in [3.63, 3.8) is 0 Å². The van der Waals surface area contributed by atoms with Crippen LogP contribution in [-0.2, 0) is 14.4 Å². The highest BCUT2D eigenvalue weighted by atomic mass is 16.2. The van der Waals surface area contributed by atoms with Gasteiger partial charge in [-0.05, 0) is 36.4 Å². The van der Waals surface area contributed by atoms with Crippen LogP contribution in [0.3, 0.4) is 0 Å². The maximum atomic E-state index is 12.1. The van der Waals surface area contributed by atoms with Crippen LogP contribution in [0, 0.1) is 0 Å². The molecule has 0 fully saturated rings. The SMILES string of the molecule is CC(=O)Nc1ccc(NC(=O)CCN(C(C)=O)c2ccccc2)cc1. The molecule has 0 aromatic heterocycles.